The molecular formula is C12H16ClN5OS. The van der Waals surface area contributed by atoms with Gasteiger partial charge in [0.1, 0.15) is 5.69 Å². The lowest BCUT2D eigenvalue weighted by molar-refractivity contribution is 0.101. The number of nitrogens with zero attached hydrogens (tertiary/aromatic N) is 3. The Hall–Kier alpha value is -1.44. The molecule has 0 radical (unpaired) electrons. The molecule has 3 N–H and O–H groups in total. The lowest BCUT2D eigenvalue weighted by atomic mass is 9.99. The molecule has 0 spiro atoms. The zero-order chi connectivity index (χ0) is 13.4. The number of fused-ring (bicyclic) bond motifs is 1. The van der Waals surface area contributed by atoms with Gasteiger partial charge in [-0.1, -0.05) is 0 Å². The largest absolute Gasteiger partial charge is 0.327 e. The first-order valence-corrected chi connectivity index (χ1v) is 6.98. The van der Waals surface area contributed by atoms with Crippen LogP contribution in [0.25, 0.3) is 0 Å². The second-order valence-corrected chi connectivity index (χ2v) is 5.77. The van der Waals surface area contributed by atoms with E-state index >= 15 is 0 Å². The minimum absolute atomic E-state index is 0. The second kappa shape index (κ2) is 5.90. The maximum atomic E-state index is 12.0. The van der Waals surface area contributed by atoms with Crippen LogP contribution >= 0.6 is 23.7 Å². The zero-order valence-electron chi connectivity index (χ0n) is 11.0. The Morgan fingerprint density at radius 3 is 3.10 bits per heavy atom. The average molecular weight is 314 g/mol. The van der Waals surface area contributed by atoms with Crippen LogP contribution in [-0.2, 0) is 19.9 Å². The van der Waals surface area contributed by atoms with Crippen molar-refractivity contribution >= 4 is 34.8 Å². The molecule has 0 unspecified atom stereocenters. The smallest absolute Gasteiger partial charge is 0.275 e. The number of nitrogens with two attached hydrogens (primary N) is 1. The van der Waals surface area contributed by atoms with Gasteiger partial charge in [0, 0.05) is 24.2 Å². The van der Waals surface area contributed by atoms with Gasteiger partial charge in [-0.3, -0.25) is 14.8 Å². The maximum Gasteiger partial charge on any atom is 0.275 e. The van der Waals surface area contributed by atoms with E-state index in [9.17, 15) is 4.79 Å². The molecule has 0 bridgehead atoms. The average Bonchev–Trinajstić information content (AvgIpc) is 2.94. The molecule has 0 fully saturated rings. The molecule has 8 heteroatoms. The van der Waals surface area contributed by atoms with E-state index < -0.39 is 0 Å². The first-order chi connectivity index (χ1) is 9.13. The summed E-state index contributed by atoms with van der Waals surface area (Å²) in [4.78, 5) is 17.7. The van der Waals surface area contributed by atoms with Crippen molar-refractivity contribution in [3.8, 4) is 0 Å². The topological polar surface area (TPSA) is 85.8 Å². The molecule has 2 aromatic rings. The third-order valence-electron chi connectivity index (χ3n) is 3.25. The summed E-state index contributed by atoms with van der Waals surface area (Å²) in [5.41, 5.74) is 7.53. The van der Waals surface area contributed by atoms with Crippen LogP contribution in [0.2, 0.25) is 0 Å². The maximum absolute atomic E-state index is 12.0. The Morgan fingerprint density at radius 1 is 1.60 bits per heavy atom. The first kappa shape index (κ1) is 15.0. The molecule has 1 aliphatic rings. The van der Waals surface area contributed by atoms with Gasteiger partial charge in [0.05, 0.1) is 5.69 Å². The highest BCUT2D eigenvalue weighted by Crippen LogP contribution is 2.29. The predicted octanol–water partition coefficient (Wildman–Crippen LogP) is 1.37. The van der Waals surface area contributed by atoms with Gasteiger partial charge in [-0.25, -0.2) is 4.98 Å². The van der Waals surface area contributed by atoms with Crippen molar-refractivity contribution in [1.29, 1.82) is 0 Å². The number of aromatic nitrogens is 3. The SMILES string of the molecule is Cl.Cn1nccc1C(=O)Nc1nc2c(s1)C[C@@H](N)CC2. The molecule has 6 nitrogen and oxygen atoms in total. The summed E-state index contributed by atoms with van der Waals surface area (Å²) in [7, 11) is 1.74. The fourth-order valence-electron chi connectivity index (χ4n) is 2.21. The third-order valence-corrected chi connectivity index (χ3v) is 4.29. The summed E-state index contributed by atoms with van der Waals surface area (Å²) in [5.74, 6) is -0.185. The van der Waals surface area contributed by atoms with Gasteiger partial charge >= 0.3 is 0 Å². The molecule has 0 saturated carbocycles. The third kappa shape index (κ3) is 2.84. The molecule has 3 rings (SSSR count). The highest BCUT2D eigenvalue weighted by Gasteiger charge is 2.21. The summed E-state index contributed by atoms with van der Waals surface area (Å²) < 4.78 is 1.54. The predicted molar refractivity (Wildman–Crippen MR) is 80.5 cm³/mol. The molecule has 2 aromatic heterocycles. The number of carbonyl (C=O) groups is 1. The molecule has 0 aromatic carbocycles. The van der Waals surface area contributed by atoms with E-state index in [1.165, 1.54) is 16.2 Å². The van der Waals surface area contributed by atoms with Crippen LogP contribution in [0, 0.1) is 0 Å². The van der Waals surface area contributed by atoms with Gasteiger partial charge in [-0.15, -0.1) is 23.7 Å². The van der Waals surface area contributed by atoms with E-state index in [1.54, 1.807) is 24.0 Å². The van der Waals surface area contributed by atoms with Crippen molar-refractivity contribution in [2.45, 2.75) is 25.3 Å². The van der Waals surface area contributed by atoms with Crippen molar-refractivity contribution in [2.24, 2.45) is 12.8 Å². The normalized spacial score (nSPS) is 17.2. The number of rotatable bonds is 2. The number of carbonyl (C=O) groups excluding carboxylic acids is 1. The van der Waals surface area contributed by atoms with Crippen molar-refractivity contribution < 1.29 is 4.79 Å². The van der Waals surface area contributed by atoms with Gasteiger partial charge in [0.25, 0.3) is 5.91 Å². The van der Waals surface area contributed by atoms with E-state index in [-0.39, 0.29) is 24.4 Å². The van der Waals surface area contributed by atoms with Crippen molar-refractivity contribution in [3.05, 3.63) is 28.5 Å². The summed E-state index contributed by atoms with van der Waals surface area (Å²) in [6.07, 6.45) is 4.32. The number of hydrogen-bond acceptors (Lipinski definition) is 5. The zero-order valence-corrected chi connectivity index (χ0v) is 12.6. The first-order valence-electron chi connectivity index (χ1n) is 6.17. The Bertz CT molecular complexity index is 623. The number of anilines is 1. The molecule has 1 amide bonds. The lowest BCUT2D eigenvalue weighted by Gasteiger charge is -2.15. The van der Waals surface area contributed by atoms with Crippen molar-refractivity contribution in [1.82, 2.24) is 14.8 Å². The van der Waals surface area contributed by atoms with E-state index in [0.717, 1.165) is 25.0 Å². The van der Waals surface area contributed by atoms with Crippen LogP contribution in [0.15, 0.2) is 12.3 Å². The fourth-order valence-corrected chi connectivity index (χ4v) is 3.31. The quantitative estimate of drug-likeness (QED) is 0.876. The number of hydrogen-bond donors (Lipinski definition) is 2. The van der Waals surface area contributed by atoms with E-state index in [1.807, 2.05) is 0 Å². The number of thiazole rings is 1. The molecule has 2 heterocycles. The number of nitrogens with one attached hydrogen (secondary N) is 1. The Labute approximate surface area is 126 Å². The Kier molecular flexibility index (Phi) is 4.42. The number of amides is 1. The van der Waals surface area contributed by atoms with Gasteiger partial charge in [-0.2, -0.15) is 5.10 Å². The highest BCUT2D eigenvalue weighted by atomic mass is 35.5. The van der Waals surface area contributed by atoms with Gasteiger partial charge < -0.3 is 5.73 Å². The molecular weight excluding hydrogens is 298 g/mol. The minimum Gasteiger partial charge on any atom is -0.327 e. The molecule has 1 aliphatic carbocycles. The van der Waals surface area contributed by atoms with Crippen LogP contribution < -0.4 is 11.1 Å². The highest BCUT2D eigenvalue weighted by molar-refractivity contribution is 7.15. The van der Waals surface area contributed by atoms with Crippen LogP contribution in [0.5, 0.6) is 0 Å². The summed E-state index contributed by atoms with van der Waals surface area (Å²) >= 11 is 1.52. The van der Waals surface area contributed by atoms with Crippen molar-refractivity contribution in [3.63, 3.8) is 0 Å². The van der Waals surface area contributed by atoms with Crippen molar-refractivity contribution in [2.75, 3.05) is 5.32 Å². The fraction of sp³-hybridized carbons (Fsp3) is 0.417. The summed E-state index contributed by atoms with van der Waals surface area (Å²) in [6.45, 7) is 0. The minimum atomic E-state index is -0.185. The van der Waals surface area contributed by atoms with E-state index in [4.69, 9.17) is 5.73 Å². The Balaban J connectivity index is 0.00000147. The second-order valence-electron chi connectivity index (χ2n) is 4.69. The van der Waals surface area contributed by atoms with Crippen LogP contribution in [0.3, 0.4) is 0 Å². The van der Waals surface area contributed by atoms with Gasteiger partial charge in [-0.05, 0) is 25.3 Å². The summed E-state index contributed by atoms with van der Waals surface area (Å²) in [5, 5.41) is 7.44. The number of aryl methyl sites for hydroxylation is 2. The van der Waals surface area contributed by atoms with Crippen LogP contribution in [0.1, 0.15) is 27.5 Å². The van der Waals surface area contributed by atoms with Crippen LogP contribution in [0.4, 0.5) is 5.13 Å². The monoisotopic (exact) mass is 313 g/mol. The molecule has 1 atom stereocenters. The lowest BCUT2D eigenvalue weighted by Crippen LogP contribution is -2.27. The Morgan fingerprint density at radius 2 is 2.40 bits per heavy atom. The molecule has 108 valence electrons. The molecule has 0 aliphatic heterocycles. The van der Waals surface area contributed by atoms with Gasteiger partial charge in [0.2, 0.25) is 0 Å². The number of halogens is 1. The van der Waals surface area contributed by atoms with Crippen LogP contribution in [-0.4, -0.2) is 26.7 Å². The van der Waals surface area contributed by atoms with Gasteiger partial charge in [0.15, 0.2) is 5.13 Å². The molecule has 0 saturated heterocycles. The molecule has 20 heavy (non-hydrogen) atoms. The summed E-state index contributed by atoms with van der Waals surface area (Å²) in [6, 6.07) is 1.90. The standard InChI is InChI=1S/C12H15N5OS.ClH/c1-17-9(4-5-14-17)11(18)16-12-15-8-3-2-7(13)6-10(8)19-12;/h4-5,7H,2-3,6,13H2,1H3,(H,15,16,18);1H/t7-;/m0./s1. The van der Waals surface area contributed by atoms with E-state index in [0.29, 0.717) is 10.8 Å². The van der Waals surface area contributed by atoms with E-state index in [2.05, 4.69) is 15.4 Å².